The van der Waals surface area contributed by atoms with E-state index in [1.807, 2.05) is 0 Å². The Bertz CT molecular complexity index is 933. The lowest BCUT2D eigenvalue weighted by Crippen LogP contribution is -2.14. The van der Waals surface area contributed by atoms with Crippen LogP contribution in [0.5, 0.6) is 11.5 Å². The van der Waals surface area contributed by atoms with E-state index < -0.39 is 14.9 Å². The van der Waals surface area contributed by atoms with Crippen LogP contribution in [-0.4, -0.2) is 27.6 Å². The first kappa shape index (κ1) is 19.1. The van der Waals surface area contributed by atoms with Gasteiger partial charge in [0, 0.05) is 12.1 Å². The van der Waals surface area contributed by atoms with Gasteiger partial charge in [-0.2, -0.15) is 0 Å². The van der Waals surface area contributed by atoms with Crippen LogP contribution in [0.15, 0.2) is 35.2 Å². The molecule has 0 aliphatic heterocycles. The number of ether oxygens (including phenoxy) is 2. The number of hydrogen-bond acceptors (Lipinski definition) is 6. The van der Waals surface area contributed by atoms with E-state index in [9.17, 15) is 18.5 Å². The molecule has 0 unspecified atom stereocenters. The molecule has 0 saturated heterocycles. The number of halogens is 2. The zero-order valence-corrected chi connectivity index (χ0v) is 15.3. The van der Waals surface area contributed by atoms with Gasteiger partial charge in [0.15, 0.2) is 0 Å². The van der Waals surface area contributed by atoms with Crippen molar-refractivity contribution in [2.45, 2.75) is 4.90 Å². The maximum absolute atomic E-state index is 12.6. The van der Waals surface area contributed by atoms with Gasteiger partial charge in [0.1, 0.15) is 21.4 Å². The molecule has 0 fully saturated rings. The van der Waals surface area contributed by atoms with Crippen molar-refractivity contribution in [1.29, 1.82) is 0 Å². The molecular formula is C14H12Cl2N2O6S. The number of sulfonamides is 1. The molecule has 25 heavy (non-hydrogen) atoms. The molecule has 2 rings (SSSR count). The highest BCUT2D eigenvalue weighted by Crippen LogP contribution is 2.38. The number of nitro benzene ring substituents is 1. The van der Waals surface area contributed by atoms with Crippen LogP contribution in [-0.2, 0) is 10.0 Å². The van der Waals surface area contributed by atoms with Crippen LogP contribution in [0.4, 0.5) is 11.4 Å². The molecule has 2 aromatic rings. The van der Waals surface area contributed by atoms with Crippen molar-refractivity contribution in [2.24, 2.45) is 0 Å². The van der Waals surface area contributed by atoms with E-state index in [1.54, 1.807) is 0 Å². The summed E-state index contributed by atoms with van der Waals surface area (Å²) in [6, 6.07) is 6.05. The fourth-order valence-electron chi connectivity index (χ4n) is 1.97. The lowest BCUT2D eigenvalue weighted by Gasteiger charge is -2.14. The largest absolute Gasteiger partial charge is 0.495 e. The van der Waals surface area contributed by atoms with E-state index in [1.165, 1.54) is 38.5 Å². The van der Waals surface area contributed by atoms with Crippen molar-refractivity contribution < 1.29 is 22.8 Å². The second kappa shape index (κ2) is 7.34. The minimum absolute atomic E-state index is 0.0713. The van der Waals surface area contributed by atoms with Gasteiger partial charge in [0.05, 0.1) is 29.9 Å². The van der Waals surface area contributed by atoms with Gasteiger partial charge in [-0.1, -0.05) is 23.2 Å². The molecule has 1 N–H and O–H groups in total. The zero-order valence-electron chi connectivity index (χ0n) is 12.9. The number of nitrogens with zero attached hydrogens (tertiary/aromatic N) is 1. The molecular weight excluding hydrogens is 395 g/mol. The summed E-state index contributed by atoms with van der Waals surface area (Å²) in [6.07, 6.45) is 0. The molecule has 134 valence electrons. The summed E-state index contributed by atoms with van der Waals surface area (Å²) >= 11 is 12.0. The molecule has 0 aromatic heterocycles. The standard InChI is InChI=1S/C14H12Cl2N2O6S/c1-23-10-4-3-8(18(19)20)7-9(10)17-25(21,22)12-6-5-11(24-2)13(15)14(12)16/h3-7,17H,1-2H3. The second-order valence-electron chi connectivity index (χ2n) is 4.64. The third-order valence-corrected chi connectivity index (χ3v) is 5.54. The quantitative estimate of drug-likeness (QED) is 0.578. The predicted octanol–water partition coefficient (Wildman–Crippen LogP) is 3.72. The Labute approximate surface area is 153 Å². The van der Waals surface area contributed by atoms with Gasteiger partial charge in [-0.25, -0.2) is 8.42 Å². The number of nitrogens with one attached hydrogen (secondary N) is 1. The van der Waals surface area contributed by atoms with Gasteiger partial charge < -0.3 is 9.47 Å². The molecule has 11 heteroatoms. The number of benzene rings is 2. The van der Waals surface area contributed by atoms with E-state index in [0.717, 1.165) is 6.07 Å². The van der Waals surface area contributed by atoms with Crippen LogP contribution >= 0.6 is 23.2 Å². The Morgan fingerprint density at radius 2 is 1.64 bits per heavy atom. The number of non-ortho nitro benzene ring substituents is 1. The summed E-state index contributed by atoms with van der Waals surface area (Å²) in [5.41, 5.74) is -0.419. The molecule has 0 heterocycles. The topological polar surface area (TPSA) is 108 Å². The van der Waals surface area contributed by atoms with Gasteiger partial charge >= 0.3 is 0 Å². The summed E-state index contributed by atoms with van der Waals surface area (Å²) in [7, 11) is -1.53. The summed E-state index contributed by atoms with van der Waals surface area (Å²) in [5.74, 6) is 0.309. The maximum Gasteiger partial charge on any atom is 0.271 e. The highest BCUT2D eigenvalue weighted by molar-refractivity contribution is 7.92. The smallest absolute Gasteiger partial charge is 0.271 e. The van der Waals surface area contributed by atoms with Crippen LogP contribution in [0.2, 0.25) is 10.0 Å². The van der Waals surface area contributed by atoms with E-state index in [2.05, 4.69) is 4.72 Å². The minimum atomic E-state index is -4.19. The third kappa shape index (κ3) is 3.89. The molecule has 0 spiro atoms. The molecule has 0 amide bonds. The minimum Gasteiger partial charge on any atom is -0.495 e. The Kier molecular flexibility index (Phi) is 5.61. The molecule has 0 saturated carbocycles. The first-order valence-corrected chi connectivity index (χ1v) is 8.82. The molecule has 0 atom stereocenters. The third-order valence-electron chi connectivity index (χ3n) is 3.16. The number of hydrogen-bond donors (Lipinski definition) is 1. The van der Waals surface area contributed by atoms with Crippen molar-refractivity contribution in [2.75, 3.05) is 18.9 Å². The number of rotatable bonds is 6. The van der Waals surface area contributed by atoms with Gasteiger partial charge in [0.25, 0.3) is 15.7 Å². The molecule has 0 aliphatic rings. The average molecular weight is 407 g/mol. The second-order valence-corrected chi connectivity index (χ2v) is 7.05. The fourth-order valence-corrected chi connectivity index (χ4v) is 3.87. The molecule has 2 aromatic carbocycles. The summed E-state index contributed by atoms with van der Waals surface area (Å²) in [4.78, 5) is 9.92. The first-order valence-electron chi connectivity index (χ1n) is 6.58. The van der Waals surface area contributed by atoms with Gasteiger partial charge in [-0.15, -0.1) is 0 Å². The van der Waals surface area contributed by atoms with E-state index in [4.69, 9.17) is 32.7 Å². The first-order chi connectivity index (χ1) is 11.7. The highest BCUT2D eigenvalue weighted by Gasteiger charge is 2.24. The Morgan fingerprint density at radius 1 is 1.04 bits per heavy atom. The monoisotopic (exact) mass is 406 g/mol. The van der Waals surface area contributed by atoms with Crippen molar-refractivity contribution >= 4 is 44.6 Å². The highest BCUT2D eigenvalue weighted by atomic mass is 35.5. The number of nitro groups is 1. The van der Waals surface area contributed by atoms with Crippen LogP contribution in [0, 0.1) is 10.1 Å². The van der Waals surface area contributed by atoms with Crippen molar-refractivity contribution in [3.8, 4) is 11.5 Å². The summed E-state index contributed by atoms with van der Waals surface area (Å²) in [5, 5.41) is 10.6. The number of methoxy groups -OCH3 is 2. The van der Waals surface area contributed by atoms with Crippen LogP contribution < -0.4 is 14.2 Å². The molecule has 0 radical (unpaired) electrons. The molecule has 0 bridgehead atoms. The summed E-state index contributed by atoms with van der Waals surface area (Å²) < 4.78 is 37.4. The van der Waals surface area contributed by atoms with Crippen LogP contribution in [0.3, 0.4) is 0 Å². The average Bonchev–Trinajstić information content (AvgIpc) is 2.56. The Hall–Kier alpha value is -2.23. The predicted molar refractivity (Wildman–Crippen MR) is 93.5 cm³/mol. The van der Waals surface area contributed by atoms with Gasteiger partial charge in [-0.05, 0) is 18.2 Å². The summed E-state index contributed by atoms with van der Waals surface area (Å²) in [6.45, 7) is 0. The van der Waals surface area contributed by atoms with Gasteiger partial charge in [-0.3, -0.25) is 14.8 Å². The lowest BCUT2D eigenvalue weighted by molar-refractivity contribution is -0.384. The van der Waals surface area contributed by atoms with E-state index in [0.29, 0.717) is 0 Å². The van der Waals surface area contributed by atoms with Crippen LogP contribution in [0.1, 0.15) is 0 Å². The van der Waals surface area contributed by atoms with Crippen LogP contribution in [0.25, 0.3) is 0 Å². The molecule has 0 aliphatic carbocycles. The zero-order chi connectivity index (χ0) is 18.8. The van der Waals surface area contributed by atoms with Crippen molar-refractivity contribution in [1.82, 2.24) is 0 Å². The van der Waals surface area contributed by atoms with E-state index in [-0.39, 0.29) is 37.8 Å². The van der Waals surface area contributed by atoms with E-state index >= 15 is 0 Å². The van der Waals surface area contributed by atoms with Crippen molar-refractivity contribution in [3.63, 3.8) is 0 Å². The van der Waals surface area contributed by atoms with Gasteiger partial charge in [0.2, 0.25) is 0 Å². The Balaban J connectivity index is 2.51. The maximum atomic E-state index is 12.6. The number of anilines is 1. The lowest BCUT2D eigenvalue weighted by atomic mass is 10.2. The van der Waals surface area contributed by atoms with Crippen molar-refractivity contribution in [3.05, 3.63) is 50.5 Å². The SMILES string of the molecule is COc1ccc([N+](=O)[O-])cc1NS(=O)(=O)c1ccc(OC)c(Cl)c1Cl. The Morgan fingerprint density at radius 3 is 2.20 bits per heavy atom. The molecule has 8 nitrogen and oxygen atoms in total. The fraction of sp³-hybridized carbons (Fsp3) is 0.143. The normalized spacial score (nSPS) is 11.0.